The molecule has 0 fully saturated rings. The van der Waals surface area contributed by atoms with Crippen LogP contribution in [0.3, 0.4) is 0 Å². The molecule has 0 amide bonds. The van der Waals surface area contributed by atoms with Gasteiger partial charge in [-0.05, 0) is 41.7 Å². The number of rotatable bonds is 1. The molecular weight excluding hydrogens is 206 g/mol. The van der Waals surface area contributed by atoms with Gasteiger partial charge in [-0.3, -0.25) is 0 Å². The minimum absolute atomic E-state index is 0.0575. The molecule has 0 unspecified atom stereocenters. The Balaban J connectivity index is 2.24. The van der Waals surface area contributed by atoms with Crippen molar-refractivity contribution in [1.82, 2.24) is 20.6 Å². The van der Waals surface area contributed by atoms with Crippen molar-refractivity contribution in [3.63, 3.8) is 0 Å². The fourth-order valence-electron chi connectivity index (χ4n) is 2.21. The summed E-state index contributed by atoms with van der Waals surface area (Å²) < 4.78 is 0. The lowest BCUT2D eigenvalue weighted by atomic mass is 10.0. The predicted octanol–water partition coefficient (Wildman–Crippen LogP) is 0.643. The van der Waals surface area contributed by atoms with Crippen molar-refractivity contribution in [3.8, 4) is 17.1 Å². The van der Waals surface area contributed by atoms with Crippen LogP contribution in [0.1, 0.15) is 17.5 Å². The predicted molar refractivity (Wildman–Crippen MR) is 57.7 cm³/mol. The van der Waals surface area contributed by atoms with E-state index in [1.165, 1.54) is 5.56 Å². The molecule has 82 valence electrons. The Labute approximate surface area is 91.5 Å². The number of phenols is 1. The van der Waals surface area contributed by atoms with Gasteiger partial charge in [-0.15, -0.1) is 10.2 Å². The number of anilines is 1. The zero-order valence-corrected chi connectivity index (χ0v) is 8.56. The van der Waals surface area contributed by atoms with E-state index < -0.39 is 0 Å². The summed E-state index contributed by atoms with van der Waals surface area (Å²) in [6, 6.07) is 1.90. The topological polar surface area (TPSA) is 101 Å². The quantitative estimate of drug-likeness (QED) is 0.480. The number of H-pyrrole nitrogens is 1. The van der Waals surface area contributed by atoms with E-state index in [0.29, 0.717) is 17.1 Å². The maximum Gasteiger partial charge on any atom is 0.208 e. The molecule has 0 aliphatic heterocycles. The van der Waals surface area contributed by atoms with Crippen molar-refractivity contribution in [2.75, 3.05) is 5.73 Å². The molecule has 0 spiro atoms. The Morgan fingerprint density at radius 3 is 3.00 bits per heavy atom. The SMILES string of the molecule is Nc1c(O)c(-c2nn[nH]n2)cc2c1CCC2. The Hall–Kier alpha value is -2.11. The molecule has 1 heterocycles. The summed E-state index contributed by atoms with van der Waals surface area (Å²) in [4.78, 5) is 0. The number of aromatic hydroxyl groups is 1. The zero-order chi connectivity index (χ0) is 11.1. The van der Waals surface area contributed by atoms with Crippen LogP contribution in [0, 0.1) is 0 Å². The molecule has 1 aromatic heterocycles. The van der Waals surface area contributed by atoms with Gasteiger partial charge < -0.3 is 10.8 Å². The minimum Gasteiger partial charge on any atom is -0.505 e. The van der Waals surface area contributed by atoms with Crippen LogP contribution < -0.4 is 5.73 Å². The number of aromatic amines is 1. The highest BCUT2D eigenvalue weighted by molar-refractivity contribution is 5.77. The Bertz CT molecular complexity index is 535. The lowest BCUT2D eigenvalue weighted by molar-refractivity contribution is 0.479. The second-order valence-corrected chi connectivity index (χ2v) is 3.91. The first-order valence-electron chi connectivity index (χ1n) is 5.14. The third-order valence-electron chi connectivity index (χ3n) is 3.00. The van der Waals surface area contributed by atoms with Gasteiger partial charge in [0.05, 0.1) is 11.3 Å². The van der Waals surface area contributed by atoms with E-state index in [-0.39, 0.29) is 5.75 Å². The lowest BCUT2D eigenvalue weighted by Crippen LogP contribution is -1.97. The number of benzene rings is 1. The number of hydrogen-bond donors (Lipinski definition) is 3. The van der Waals surface area contributed by atoms with E-state index >= 15 is 0 Å². The second kappa shape index (κ2) is 3.19. The normalized spacial score (nSPS) is 14.0. The third-order valence-corrected chi connectivity index (χ3v) is 3.00. The van der Waals surface area contributed by atoms with E-state index in [1.54, 1.807) is 0 Å². The maximum atomic E-state index is 9.99. The number of aryl methyl sites for hydroxylation is 1. The summed E-state index contributed by atoms with van der Waals surface area (Å²) in [7, 11) is 0. The van der Waals surface area contributed by atoms with Gasteiger partial charge >= 0.3 is 0 Å². The van der Waals surface area contributed by atoms with E-state index in [4.69, 9.17) is 5.73 Å². The Kier molecular flexibility index (Phi) is 1.82. The summed E-state index contributed by atoms with van der Waals surface area (Å²) >= 11 is 0. The summed E-state index contributed by atoms with van der Waals surface area (Å²) in [5.74, 6) is 0.431. The number of nitrogen functional groups attached to an aromatic ring is 1. The Morgan fingerprint density at radius 1 is 1.38 bits per heavy atom. The maximum absolute atomic E-state index is 9.99. The standard InChI is InChI=1S/C10H11N5O/c11-8-6-3-1-2-5(6)4-7(9(8)16)10-12-14-15-13-10/h4,16H,1-3,11H2,(H,12,13,14,15). The molecule has 0 saturated carbocycles. The number of nitrogens with two attached hydrogens (primary N) is 1. The fourth-order valence-corrected chi connectivity index (χ4v) is 2.21. The van der Waals surface area contributed by atoms with Crippen LogP contribution in [0.4, 0.5) is 5.69 Å². The van der Waals surface area contributed by atoms with Gasteiger partial charge in [-0.2, -0.15) is 5.21 Å². The second-order valence-electron chi connectivity index (χ2n) is 3.91. The molecule has 0 radical (unpaired) electrons. The minimum atomic E-state index is 0.0575. The van der Waals surface area contributed by atoms with Crippen LogP contribution in [-0.4, -0.2) is 25.7 Å². The van der Waals surface area contributed by atoms with Gasteiger partial charge in [0.2, 0.25) is 5.82 Å². The van der Waals surface area contributed by atoms with Crippen LogP contribution in [0.15, 0.2) is 6.07 Å². The highest BCUT2D eigenvalue weighted by Crippen LogP contribution is 2.40. The van der Waals surface area contributed by atoms with Crippen LogP contribution in [0.25, 0.3) is 11.4 Å². The molecular formula is C10H11N5O. The van der Waals surface area contributed by atoms with Gasteiger partial charge in [0.25, 0.3) is 0 Å². The molecule has 0 bridgehead atoms. The average molecular weight is 217 g/mol. The highest BCUT2D eigenvalue weighted by Gasteiger charge is 2.21. The zero-order valence-electron chi connectivity index (χ0n) is 8.56. The molecule has 4 N–H and O–H groups in total. The largest absolute Gasteiger partial charge is 0.505 e. The van der Waals surface area contributed by atoms with Crippen molar-refractivity contribution in [1.29, 1.82) is 0 Å². The van der Waals surface area contributed by atoms with E-state index in [2.05, 4.69) is 20.6 Å². The van der Waals surface area contributed by atoms with Gasteiger partial charge in [-0.1, -0.05) is 0 Å². The molecule has 3 rings (SSSR count). The first kappa shape index (κ1) is 9.14. The summed E-state index contributed by atoms with van der Waals surface area (Å²) in [6.45, 7) is 0. The van der Waals surface area contributed by atoms with Crippen LogP contribution >= 0.6 is 0 Å². The van der Waals surface area contributed by atoms with Gasteiger partial charge in [0.15, 0.2) is 0 Å². The van der Waals surface area contributed by atoms with Crippen molar-refractivity contribution < 1.29 is 5.11 Å². The number of tetrazole rings is 1. The van der Waals surface area contributed by atoms with Crippen molar-refractivity contribution in [3.05, 3.63) is 17.2 Å². The number of nitrogens with one attached hydrogen (secondary N) is 1. The van der Waals surface area contributed by atoms with E-state index in [1.807, 2.05) is 6.07 Å². The third kappa shape index (κ3) is 1.16. The lowest BCUT2D eigenvalue weighted by Gasteiger charge is -2.09. The van der Waals surface area contributed by atoms with Crippen LogP contribution in [0.5, 0.6) is 5.75 Å². The number of fused-ring (bicyclic) bond motifs is 1. The van der Waals surface area contributed by atoms with Crippen molar-refractivity contribution >= 4 is 5.69 Å². The average Bonchev–Trinajstić information content (AvgIpc) is 2.92. The number of aromatic nitrogens is 4. The first-order valence-corrected chi connectivity index (χ1v) is 5.14. The first-order chi connectivity index (χ1) is 7.77. The monoisotopic (exact) mass is 217 g/mol. The smallest absolute Gasteiger partial charge is 0.208 e. The number of phenolic OH excluding ortho intramolecular Hbond substituents is 1. The van der Waals surface area contributed by atoms with E-state index in [9.17, 15) is 5.11 Å². The summed E-state index contributed by atoms with van der Waals surface area (Å²) in [6.07, 6.45) is 3.00. The fraction of sp³-hybridized carbons (Fsp3) is 0.300. The molecule has 16 heavy (non-hydrogen) atoms. The van der Waals surface area contributed by atoms with Crippen molar-refractivity contribution in [2.45, 2.75) is 19.3 Å². The molecule has 6 nitrogen and oxygen atoms in total. The van der Waals surface area contributed by atoms with Crippen LogP contribution in [0.2, 0.25) is 0 Å². The van der Waals surface area contributed by atoms with Crippen LogP contribution in [-0.2, 0) is 12.8 Å². The molecule has 6 heteroatoms. The summed E-state index contributed by atoms with van der Waals surface area (Å²) in [5, 5.41) is 23.5. The molecule has 0 atom stereocenters. The Morgan fingerprint density at radius 2 is 2.25 bits per heavy atom. The molecule has 0 saturated heterocycles. The number of nitrogens with zero attached hydrogens (tertiary/aromatic N) is 3. The highest BCUT2D eigenvalue weighted by atomic mass is 16.3. The summed E-state index contributed by atoms with van der Waals surface area (Å²) in [5.41, 5.74) is 9.14. The molecule has 1 aromatic carbocycles. The van der Waals surface area contributed by atoms with Crippen molar-refractivity contribution in [2.24, 2.45) is 0 Å². The molecule has 1 aliphatic carbocycles. The number of hydrogen-bond acceptors (Lipinski definition) is 5. The molecule has 2 aromatic rings. The van der Waals surface area contributed by atoms with Gasteiger partial charge in [0.1, 0.15) is 5.75 Å². The van der Waals surface area contributed by atoms with Gasteiger partial charge in [-0.25, -0.2) is 0 Å². The van der Waals surface area contributed by atoms with E-state index in [0.717, 1.165) is 24.8 Å². The molecule has 1 aliphatic rings. The van der Waals surface area contributed by atoms with Gasteiger partial charge in [0, 0.05) is 0 Å².